The van der Waals surface area contributed by atoms with Crippen molar-refractivity contribution in [1.29, 1.82) is 0 Å². The molecule has 0 aliphatic carbocycles. The number of hydrogen-bond acceptors (Lipinski definition) is 2. The van der Waals surface area contributed by atoms with Crippen molar-refractivity contribution in [2.24, 2.45) is 0 Å². The van der Waals surface area contributed by atoms with Crippen molar-refractivity contribution < 1.29 is 4.79 Å². The molecule has 5 heteroatoms. The minimum absolute atomic E-state index is 0.0110. The number of carbonyl (C=O) groups excluding carboxylic acids is 1. The Hall–Kier alpha value is -0.250. The average Bonchev–Trinajstić information content (AvgIpc) is 2.77. The van der Waals surface area contributed by atoms with Gasteiger partial charge in [0.25, 0.3) is 5.91 Å². The summed E-state index contributed by atoms with van der Waals surface area (Å²) < 4.78 is 1.04. The molecule has 1 aromatic rings. The Kier molecular flexibility index (Phi) is 2.02. The summed E-state index contributed by atoms with van der Waals surface area (Å²) >= 11 is 12.7. The molecule has 0 aromatic carbocycles. The first-order chi connectivity index (χ1) is 5.68. The second kappa shape index (κ2) is 2.91. The molecule has 1 saturated heterocycles. The standard InChI is InChI=1S/C7H5Cl2NOS/c8-5-3-4(6(9)12-5)7(11)10-1-2-10/h3H,1-2H2. The predicted octanol–water partition coefficient (Wildman–Crippen LogP) is 2.51. The molecular formula is C7H5Cl2NOS. The van der Waals surface area contributed by atoms with Crippen LogP contribution in [0.1, 0.15) is 10.4 Å². The highest BCUT2D eigenvalue weighted by atomic mass is 35.5. The lowest BCUT2D eigenvalue weighted by Gasteiger charge is -1.97. The third-order valence-electron chi connectivity index (χ3n) is 1.62. The fourth-order valence-corrected chi connectivity index (χ4v) is 2.36. The molecule has 0 spiro atoms. The van der Waals surface area contributed by atoms with E-state index in [9.17, 15) is 4.79 Å². The van der Waals surface area contributed by atoms with E-state index in [0.29, 0.717) is 14.2 Å². The first-order valence-electron chi connectivity index (χ1n) is 3.42. The summed E-state index contributed by atoms with van der Waals surface area (Å²) in [6.07, 6.45) is 0. The molecule has 2 rings (SSSR count). The number of thiophene rings is 1. The fourth-order valence-electron chi connectivity index (χ4n) is 0.910. The van der Waals surface area contributed by atoms with E-state index in [4.69, 9.17) is 23.2 Å². The smallest absolute Gasteiger partial charge is 0.256 e. The Labute approximate surface area is 83.7 Å². The van der Waals surface area contributed by atoms with Crippen molar-refractivity contribution in [1.82, 2.24) is 4.90 Å². The van der Waals surface area contributed by atoms with Gasteiger partial charge in [-0.1, -0.05) is 23.2 Å². The molecule has 2 nitrogen and oxygen atoms in total. The summed E-state index contributed by atoms with van der Waals surface area (Å²) in [5.41, 5.74) is 0.532. The van der Waals surface area contributed by atoms with E-state index >= 15 is 0 Å². The first kappa shape index (κ1) is 8.35. The van der Waals surface area contributed by atoms with Gasteiger partial charge in [-0.05, 0) is 6.07 Å². The first-order valence-corrected chi connectivity index (χ1v) is 5.00. The second-order valence-corrected chi connectivity index (χ2v) is 4.82. The normalized spacial score (nSPS) is 15.0. The zero-order valence-electron chi connectivity index (χ0n) is 6.01. The lowest BCUT2D eigenvalue weighted by molar-refractivity contribution is 0.0886. The van der Waals surface area contributed by atoms with Gasteiger partial charge in [0.05, 0.1) is 9.90 Å². The number of hydrogen-bond donors (Lipinski definition) is 0. The molecule has 64 valence electrons. The lowest BCUT2D eigenvalue weighted by Crippen LogP contribution is -2.09. The molecule has 0 radical (unpaired) electrons. The largest absolute Gasteiger partial charge is 0.335 e. The van der Waals surface area contributed by atoms with Gasteiger partial charge in [-0.2, -0.15) is 0 Å². The second-order valence-electron chi connectivity index (χ2n) is 2.53. The average molecular weight is 222 g/mol. The highest BCUT2D eigenvalue weighted by Gasteiger charge is 2.27. The Morgan fingerprint density at radius 2 is 2.17 bits per heavy atom. The molecule has 0 unspecified atom stereocenters. The van der Waals surface area contributed by atoms with E-state index in [1.165, 1.54) is 11.3 Å². The Balaban J connectivity index is 2.31. The van der Waals surface area contributed by atoms with Gasteiger partial charge in [-0.25, -0.2) is 0 Å². The Morgan fingerprint density at radius 1 is 1.50 bits per heavy atom. The van der Waals surface area contributed by atoms with Gasteiger partial charge < -0.3 is 4.90 Å². The van der Waals surface area contributed by atoms with Gasteiger partial charge in [0, 0.05) is 13.1 Å². The van der Waals surface area contributed by atoms with Crippen LogP contribution in [-0.4, -0.2) is 23.9 Å². The minimum Gasteiger partial charge on any atom is -0.335 e. The van der Waals surface area contributed by atoms with Gasteiger partial charge in [0.1, 0.15) is 4.34 Å². The van der Waals surface area contributed by atoms with Crippen molar-refractivity contribution in [3.8, 4) is 0 Å². The van der Waals surface area contributed by atoms with Crippen LogP contribution in [0.15, 0.2) is 6.07 Å². The monoisotopic (exact) mass is 221 g/mol. The summed E-state index contributed by atoms with van der Waals surface area (Å²) in [5.74, 6) is -0.0110. The molecule has 1 amide bonds. The van der Waals surface area contributed by atoms with Crippen LogP contribution in [0.3, 0.4) is 0 Å². The van der Waals surface area contributed by atoms with Gasteiger partial charge in [-0.15, -0.1) is 11.3 Å². The van der Waals surface area contributed by atoms with Crippen LogP contribution in [0.25, 0.3) is 0 Å². The molecule has 1 aliphatic heterocycles. The van der Waals surface area contributed by atoms with Gasteiger partial charge in [0.15, 0.2) is 0 Å². The minimum atomic E-state index is -0.0110. The van der Waals surface area contributed by atoms with Crippen LogP contribution in [0.4, 0.5) is 0 Å². The van der Waals surface area contributed by atoms with Crippen molar-refractivity contribution in [3.05, 3.63) is 20.3 Å². The third kappa shape index (κ3) is 1.44. The third-order valence-corrected chi connectivity index (χ3v) is 3.11. The lowest BCUT2D eigenvalue weighted by atomic mass is 10.3. The van der Waals surface area contributed by atoms with Crippen molar-refractivity contribution in [3.63, 3.8) is 0 Å². The van der Waals surface area contributed by atoms with E-state index < -0.39 is 0 Å². The number of rotatable bonds is 1. The molecule has 0 N–H and O–H groups in total. The molecule has 1 aliphatic rings. The van der Waals surface area contributed by atoms with Gasteiger partial charge in [-0.3, -0.25) is 4.79 Å². The van der Waals surface area contributed by atoms with E-state index in [-0.39, 0.29) is 5.91 Å². The predicted molar refractivity (Wildman–Crippen MR) is 50.2 cm³/mol. The number of amides is 1. The number of nitrogens with zero attached hydrogens (tertiary/aromatic N) is 1. The Morgan fingerprint density at radius 3 is 2.58 bits per heavy atom. The van der Waals surface area contributed by atoms with Crippen LogP contribution < -0.4 is 0 Å². The maximum atomic E-state index is 11.4. The highest BCUT2D eigenvalue weighted by Crippen LogP contribution is 2.32. The van der Waals surface area contributed by atoms with Crippen LogP contribution in [0.5, 0.6) is 0 Å². The molecular weight excluding hydrogens is 217 g/mol. The van der Waals surface area contributed by atoms with E-state index in [1.54, 1.807) is 11.0 Å². The SMILES string of the molecule is O=C(c1cc(Cl)sc1Cl)N1CC1. The molecule has 0 bridgehead atoms. The summed E-state index contributed by atoms with van der Waals surface area (Å²) in [6, 6.07) is 1.62. The zero-order chi connectivity index (χ0) is 8.72. The molecule has 1 aromatic heterocycles. The fraction of sp³-hybridized carbons (Fsp3) is 0.286. The van der Waals surface area contributed by atoms with E-state index in [1.807, 2.05) is 0 Å². The highest BCUT2D eigenvalue weighted by molar-refractivity contribution is 7.20. The van der Waals surface area contributed by atoms with Gasteiger partial charge >= 0.3 is 0 Å². The van der Waals surface area contributed by atoms with E-state index in [2.05, 4.69) is 0 Å². The van der Waals surface area contributed by atoms with Crippen molar-refractivity contribution in [2.75, 3.05) is 13.1 Å². The molecule has 0 saturated carbocycles. The van der Waals surface area contributed by atoms with Crippen LogP contribution in [0, 0.1) is 0 Å². The molecule has 12 heavy (non-hydrogen) atoms. The van der Waals surface area contributed by atoms with Crippen molar-refractivity contribution >= 4 is 40.4 Å². The quantitative estimate of drug-likeness (QED) is 0.668. The van der Waals surface area contributed by atoms with E-state index in [0.717, 1.165) is 13.1 Å². The van der Waals surface area contributed by atoms with Crippen LogP contribution >= 0.6 is 34.5 Å². The number of halogens is 2. The summed E-state index contributed by atoms with van der Waals surface area (Å²) in [4.78, 5) is 13.1. The summed E-state index contributed by atoms with van der Waals surface area (Å²) in [6.45, 7) is 1.67. The molecule has 2 heterocycles. The summed E-state index contributed by atoms with van der Waals surface area (Å²) in [5, 5.41) is 0. The van der Waals surface area contributed by atoms with Crippen molar-refractivity contribution in [2.45, 2.75) is 0 Å². The Bertz CT molecular complexity index is 332. The zero-order valence-corrected chi connectivity index (χ0v) is 8.34. The maximum absolute atomic E-state index is 11.4. The molecule has 1 fully saturated rings. The van der Waals surface area contributed by atoms with Crippen LogP contribution in [-0.2, 0) is 0 Å². The van der Waals surface area contributed by atoms with Gasteiger partial charge in [0.2, 0.25) is 0 Å². The number of carbonyl (C=O) groups is 1. The topological polar surface area (TPSA) is 20.1 Å². The van der Waals surface area contributed by atoms with Crippen LogP contribution in [0.2, 0.25) is 8.67 Å². The molecule has 0 atom stereocenters. The maximum Gasteiger partial charge on any atom is 0.256 e. The summed E-state index contributed by atoms with van der Waals surface area (Å²) in [7, 11) is 0.